The molecule has 1 aliphatic heterocycles. The van der Waals surface area contributed by atoms with Crippen LogP contribution in [0.15, 0.2) is 0 Å². The highest BCUT2D eigenvalue weighted by Gasteiger charge is 2.32. The normalized spacial score (nSPS) is 31.9. The minimum absolute atomic E-state index is 0.0924. The van der Waals surface area contributed by atoms with Crippen molar-refractivity contribution in [3.8, 4) is 0 Å². The molecule has 4 nitrogen and oxygen atoms in total. The van der Waals surface area contributed by atoms with Gasteiger partial charge in [0.1, 0.15) is 0 Å². The summed E-state index contributed by atoms with van der Waals surface area (Å²) in [5.41, 5.74) is 0.0924. The molecule has 2 rings (SSSR count). The quantitative estimate of drug-likeness (QED) is 0.624. The van der Waals surface area contributed by atoms with Crippen molar-refractivity contribution >= 4 is 0 Å². The second kappa shape index (κ2) is 5.45. The highest BCUT2D eigenvalue weighted by molar-refractivity contribution is 4.90. The number of rotatable bonds is 7. The lowest BCUT2D eigenvalue weighted by Crippen LogP contribution is -2.59. The van der Waals surface area contributed by atoms with E-state index in [0.717, 1.165) is 45.7 Å². The predicted molar refractivity (Wildman–Crippen MR) is 63.7 cm³/mol. The van der Waals surface area contributed by atoms with Gasteiger partial charge in [-0.1, -0.05) is 0 Å². The molecule has 16 heavy (non-hydrogen) atoms. The van der Waals surface area contributed by atoms with Crippen molar-refractivity contribution < 1.29 is 9.47 Å². The summed E-state index contributed by atoms with van der Waals surface area (Å²) in [6, 6.07) is 0.646. The van der Waals surface area contributed by atoms with Crippen LogP contribution in [-0.2, 0) is 9.47 Å². The van der Waals surface area contributed by atoms with Crippen molar-refractivity contribution in [1.82, 2.24) is 10.6 Å². The molecule has 1 saturated carbocycles. The molecule has 1 saturated heterocycles. The van der Waals surface area contributed by atoms with Crippen LogP contribution < -0.4 is 10.6 Å². The first-order chi connectivity index (χ1) is 7.72. The second-order valence-corrected chi connectivity index (χ2v) is 5.10. The zero-order chi connectivity index (χ0) is 11.4. The third-order valence-corrected chi connectivity index (χ3v) is 3.48. The summed E-state index contributed by atoms with van der Waals surface area (Å²) < 4.78 is 11.3. The molecule has 1 heterocycles. The van der Waals surface area contributed by atoms with Gasteiger partial charge < -0.3 is 20.1 Å². The molecule has 2 N–H and O–H groups in total. The lowest BCUT2D eigenvalue weighted by Gasteiger charge is -2.40. The maximum Gasteiger partial charge on any atom is 0.0902 e. The lowest BCUT2D eigenvalue weighted by atomic mass is 9.89. The van der Waals surface area contributed by atoms with Crippen LogP contribution in [0.5, 0.6) is 0 Å². The van der Waals surface area contributed by atoms with Crippen LogP contribution in [-0.4, -0.2) is 50.6 Å². The fraction of sp³-hybridized carbons (Fsp3) is 1.00. The van der Waals surface area contributed by atoms with E-state index < -0.39 is 0 Å². The molecule has 0 unspecified atom stereocenters. The monoisotopic (exact) mass is 228 g/mol. The Hall–Kier alpha value is -0.160. The first-order valence-corrected chi connectivity index (χ1v) is 6.41. The summed E-state index contributed by atoms with van der Waals surface area (Å²) in [6.07, 6.45) is 2.82. The van der Waals surface area contributed by atoms with Gasteiger partial charge in [-0.2, -0.15) is 0 Å². The molecule has 2 fully saturated rings. The molecule has 0 atom stereocenters. The van der Waals surface area contributed by atoms with Crippen molar-refractivity contribution in [1.29, 1.82) is 0 Å². The Balaban J connectivity index is 1.44. The minimum Gasteiger partial charge on any atom is -0.378 e. The number of nitrogens with one attached hydrogen (secondary N) is 2. The Bertz CT molecular complexity index is 213. The van der Waals surface area contributed by atoms with Crippen LogP contribution in [0.25, 0.3) is 0 Å². The number of hydrogen-bond acceptors (Lipinski definition) is 4. The highest BCUT2D eigenvalue weighted by atomic mass is 16.5. The third kappa shape index (κ3) is 3.17. The molecule has 1 aliphatic carbocycles. The average Bonchev–Trinajstić information content (AvgIpc) is 2.17. The first-order valence-electron chi connectivity index (χ1n) is 6.41. The Kier molecular flexibility index (Phi) is 4.19. The van der Waals surface area contributed by atoms with E-state index in [-0.39, 0.29) is 5.60 Å². The van der Waals surface area contributed by atoms with Crippen molar-refractivity contribution in [2.45, 2.75) is 44.4 Å². The smallest absolute Gasteiger partial charge is 0.0902 e. The fourth-order valence-electron chi connectivity index (χ4n) is 2.24. The lowest BCUT2D eigenvalue weighted by molar-refractivity contribution is -0.0680. The molecule has 0 aromatic heterocycles. The summed E-state index contributed by atoms with van der Waals surface area (Å²) >= 11 is 0. The molecular weight excluding hydrogens is 204 g/mol. The van der Waals surface area contributed by atoms with E-state index in [9.17, 15) is 0 Å². The summed E-state index contributed by atoms with van der Waals surface area (Å²) in [6.45, 7) is 8.81. The van der Waals surface area contributed by atoms with Gasteiger partial charge in [-0.3, -0.25) is 0 Å². The summed E-state index contributed by atoms with van der Waals surface area (Å²) in [7, 11) is 0. The van der Waals surface area contributed by atoms with E-state index in [1.807, 2.05) is 0 Å². The summed E-state index contributed by atoms with van der Waals surface area (Å²) in [4.78, 5) is 0. The Morgan fingerprint density at radius 1 is 1.38 bits per heavy atom. The van der Waals surface area contributed by atoms with Crippen LogP contribution in [0.4, 0.5) is 0 Å². The second-order valence-electron chi connectivity index (χ2n) is 5.10. The van der Waals surface area contributed by atoms with Gasteiger partial charge in [0.25, 0.3) is 0 Å². The maximum absolute atomic E-state index is 5.80. The third-order valence-electron chi connectivity index (χ3n) is 3.48. The first kappa shape index (κ1) is 12.3. The fourth-order valence-corrected chi connectivity index (χ4v) is 2.24. The Labute approximate surface area is 98.1 Å². The van der Waals surface area contributed by atoms with Crippen LogP contribution in [0.2, 0.25) is 0 Å². The van der Waals surface area contributed by atoms with Gasteiger partial charge in [0, 0.05) is 32.3 Å². The van der Waals surface area contributed by atoms with Gasteiger partial charge in [0.15, 0.2) is 0 Å². The zero-order valence-corrected chi connectivity index (χ0v) is 10.4. The molecular formula is C12H24N2O2. The SMILES string of the molecule is CCOC1CC(NCCOC2(C)CNC2)C1. The van der Waals surface area contributed by atoms with Crippen molar-refractivity contribution in [3.63, 3.8) is 0 Å². The van der Waals surface area contributed by atoms with Gasteiger partial charge >= 0.3 is 0 Å². The van der Waals surface area contributed by atoms with Crippen LogP contribution in [0, 0.1) is 0 Å². The topological polar surface area (TPSA) is 42.5 Å². The summed E-state index contributed by atoms with van der Waals surface area (Å²) in [5.74, 6) is 0. The van der Waals surface area contributed by atoms with Gasteiger partial charge in [-0.05, 0) is 26.7 Å². The molecule has 0 amide bonds. The molecule has 0 aromatic rings. The Morgan fingerprint density at radius 3 is 2.69 bits per heavy atom. The highest BCUT2D eigenvalue weighted by Crippen LogP contribution is 2.23. The average molecular weight is 228 g/mol. The number of ether oxygens (including phenoxy) is 2. The van der Waals surface area contributed by atoms with Crippen molar-refractivity contribution in [3.05, 3.63) is 0 Å². The standard InChI is InChI=1S/C12H24N2O2/c1-3-15-11-6-10(7-11)14-4-5-16-12(2)8-13-9-12/h10-11,13-14H,3-9H2,1-2H3. The molecule has 94 valence electrons. The van der Waals surface area contributed by atoms with Crippen LogP contribution in [0.3, 0.4) is 0 Å². The van der Waals surface area contributed by atoms with E-state index in [2.05, 4.69) is 24.5 Å². The van der Waals surface area contributed by atoms with E-state index in [4.69, 9.17) is 9.47 Å². The number of hydrogen-bond donors (Lipinski definition) is 2. The largest absolute Gasteiger partial charge is 0.378 e. The van der Waals surface area contributed by atoms with E-state index in [0.29, 0.717) is 12.1 Å². The van der Waals surface area contributed by atoms with Gasteiger partial charge in [0.05, 0.1) is 18.3 Å². The molecule has 0 radical (unpaired) electrons. The zero-order valence-electron chi connectivity index (χ0n) is 10.4. The van der Waals surface area contributed by atoms with Crippen LogP contribution >= 0.6 is 0 Å². The minimum atomic E-state index is 0.0924. The molecule has 0 aromatic carbocycles. The molecule has 0 spiro atoms. The van der Waals surface area contributed by atoms with Crippen LogP contribution in [0.1, 0.15) is 26.7 Å². The van der Waals surface area contributed by atoms with Crippen molar-refractivity contribution in [2.75, 3.05) is 32.8 Å². The van der Waals surface area contributed by atoms with Gasteiger partial charge in [-0.15, -0.1) is 0 Å². The summed E-state index contributed by atoms with van der Waals surface area (Å²) in [5, 5.41) is 6.73. The van der Waals surface area contributed by atoms with Crippen molar-refractivity contribution in [2.24, 2.45) is 0 Å². The molecule has 2 aliphatic rings. The van der Waals surface area contributed by atoms with E-state index in [1.54, 1.807) is 0 Å². The van der Waals surface area contributed by atoms with E-state index in [1.165, 1.54) is 0 Å². The molecule has 4 heteroatoms. The predicted octanol–water partition coefficient (Wildman–Crippen LogP) is 0.522. The molecule has 0 bridgehead atoms. The maximum atomic E-state index is 5.80. The Morgan fingerprint density at radius 2 is 2.12 bits per heavy atom. The van der Waals surface area contributed by atoms with Gasteiger partial charge in [-0.25, -0.2) is 0 Å². The van der Waals surface area contributed by atoms with E-state index >= 15 is 0 Å². The van der Waals surface area contributed by atoms with Gasteiger partial charge in [0.2, 0.25) is 0 Å².